The van der Waals surface area contributed by atoms with E-state index in [-0.39, 0.29) is 64.6 Å². The van der Waals surface area contributed by atoms with Crippen molar-refractivity contribution < 1.29 is 140 Å². The normalized spacial score (nSPS) is 15.9. The number of aliphatic carboxylic acids is 1. The molecular formula is C83H140N26O29. The van der Waals surface area contributed by atoms with E-state index in [1.165, 1.54) is 0 Å². The lowest BCUT2D eigenvalue weighted by Gasteiger charge is -2.41. The summed E-state index contributed by atoms with van der Waals surface area (Å²) in [5.74, 6) is -27.2. The number of hydrogen-bond donors (Lipinski definition) is 29. The lowest BCUT2D eigenvalue weighted by molar-refractivity contribution is -0.154. The Morgan fingerprint density at radius 1 is 0.370 bits per heavy atom. The summed E-state index contributed by atoms with van der Waals surface area (Å²) in [6.45, 7) is 5.37. The molecule has 39 N–H and O–H groups in total. The highest BCUT2D eigenvalue weighted by molar-refractivity contribution is 6.01. The minimum absolute atomic E-state index is 0.0957. The number of primary amides is 8. The van der Waals surface area contributed by atoms with Gasteiger partial charge in [0.15, 0.2) is 17.8 Å². The molecular weight excluding hydrogens is 1830 g/mol. The zero-order chi connectivity index (χ0) is 104. The average Bonchev–Trinajstić information content (AvgIpc) is 0.786. The number of aliphatic hydroxyl groups excluding tert-OH is 2. The molecule has 0 saturated heterocycles. The van der Waals surface area contributed by atoms with Crippen molar-refractivity contribution in [3.05, 3.63) is 11.8 Å². The number of carboxylic acid groups (broad SMARTS) is 1. The summed E-state index contributed by atoms with van der Waals surface area (Å²) < 4.78 is 11.6. The number of ether oxygens (including phenoxy) is 2. The van der Waals surface area contributed by atoms with Gasteiger partial charge in [-0.25, -0.2) is 4.79 Å². The highest BCUT2D eigenvalue weighted by Crippen LogP contribution is 2.26. The number of carboxylic acids is 1. The predicted octanol–water partition coefficient (Wildman–Crippen LogP) is -11.4. The number of aliphatic hydroxyl groups is 2. The number of carbonyl (C=O) groups is 24. The lowest BCUT2D eigenvalue weighted by atomic mass is 9.91. The number of nitrogens with two attached hydrogens (primary N) is 10. The van der Waals surface area contributed by atoms with E-state index in [1.807, 2.05) is 13.8 Å². The summed E-state index contributed by atoms with van der Waals surface area (Å²) in [4.78, 5) is 319. The van der Waals surface area contributed by atoms with E-state index in [2.05, 4.69) is 79.8 Å². The van der Waals surface area contributed by atoms with E-state index in [1.54, 1.807) is 0 Å². The van der Waals surface area contributed by atoms with Gasteiger partial charge >= 0.3 is 5.97 Å². The quantitative estimate of drug-likeness (QED) is 0.0153. The predicted molar refractivity (Wildman–Crippen MR) is 485 cm³/mol. The van der Waals surface area contributed by atoms with Crippen molar-refractivity contribution in [1.29, 1.82) is 5.41 Å². The van der Waals surface area contributed by atoms with Gasteiger partial charge in [0.2, 0.25) is 136 Å². The van der Waals surface area contributed by atoms with Crippen molar-refractivity contribution >= 4 is 148 Å². The monoisotopic (exact) mass is 1970 g/mol. The molecule has 0 unspecified atom stereocenters. The fourth-order valence-electron chi connectivity index (χ4n) is 13.5. The Morgan fingerprint density at radius 2 is 0.630 bits per heavy atom. The molecule has 1 aliphatic rings. The van der Waals surface area contributed by atoms with E-state index in [9.17, 15) is 126 Å². The van der Waals surface area contributed by atoms with Gasteiger partial charge in [0.05, 0.1) is 30.8 Å². The molecule has 0 spiro atoms. The van der Waals surface area contributed by atoms with Crippen LogP contribution in [-0.2, 0) is 125 Å². The molecule has 16 atom stereocenters. The molecule has 0 fully saturated rings. The summed E-state index contributed by atoms with van der Waals surface area (Å²) in [7, 11) is 0. The molecule has 138 heavy (non-hydrogen) atoms. The van der Waals surface area contributed by atoms with E-state index in [0.717, 1.165) is 45.6 Å². The number of hydrogen-bond acceptors (Lipinski definition) is 30. The number of amides is 22. The summed E-state index contributed by atoms with van der Waals surface area (Å²) in [6.07, 6.45) is -12.1. The highest BCUT2D eigenvalue weighted by atomic mass is 16.6. The van der Waals surface area contributed by atoms with Gasteiger partial charge < -0.3 is 162 Å². The molecule has 0 saturated carbocycles. The summed E-state index contributed by atoms with van der Waals surface area (Å²) in [6, 6.07) is -22.7. The van der Waals surface area contributed by atoms with Crippen LogP contribution in [-0.4, -0.2) is 293 Å². The Balaban J connectivity index is 4.06. The Kier molecular flexibility index (Phi) is 58.9. The number of nitrogens with one attached hydrogen (secondary N) is 16. The summed E-state index contributed by atoms with van der Waals surface area (Å²) >= 11 is 0. The number of carbonyl (C=O) groups excluding carboxylic acids is 23. The Bertz CT molecular complexity index is 4240. The summed E-state index contributed by atoms with van der Waals surface area (Å²) in [5, 5.41) is 74.9. The molecule has 1 rings (SSSR count). The van der Waals surface area contributed by atoms with Gasteiger partial charge in [0.25, 0.3) is 0 Å². The van der Waals surface area contributed by atoms with Crippen LogP contribution in [0.5, 0.6) is 0 Å². The van der Waals surface area contributed by atoms with E-state index in [4.69, 9.17) is 72.2 Å². The second kappa shape index (κ2) is 66.5. The van der Waals surface area contributed by atoms with Crippen molar-refractivity contribution in [2.45, 2.75) is 324 Å². The maximum atomic E-state index is 15.0. The van der Waals surface area contributed by atoms with Gasteiger partial charge in [-0.05, 0) is 116 Å². The second-order valence-corrected chi connectivity index (χ2v) is 32.8. The van der Waals surface area contributed by atoms with Crippen LogP contribution in [0.15, 0.2) is 11.8 Å². The number of ketones is 1. The van der Waals surface area contributed by atoms with Gasteiger partial charge in [0, 0.05) is 104 Å². The molecule has 0 bridgehead atoms. The van der Waals surface area contributed by atoms with E-state index < -0.39 is 372 Å². The molecule has 1 heterocycles. The van der Waals surface area contributed by atoms with Crippen LogP contribution >= 0.6 is 0 Å². The molecule has 776 valence electrons. The molecule has 55 heteroatoms. The maximum absolute atomic E-state index is 15.0. The first-order chi connectivity index (χ1) is 64.9. The van der Waals surface area contributed by atoms with Crippen LogP contribution in [0.2, 0.25) is 0 Å². The topological polar surface area (TPSA) is 953 Å². The molecule has 0 aromatic carbocycles. The molecule has 55 nitrogen and oxygen atoms in total. The minimum atomic E-state index is -2.05. The SMILES string of the molecule is CCCCCNC(=O)CC[C@H](NC(=O)[C@@H](N)CCC(=O)NCCCCC)C(=O)N[C@@H](CCC(=O)NCCCCCO[C@@H]([C@@H]1OC(C(=O)O)=C[C@H](NC(=N)N)[C@H]1NC(C)=O)[C@H](O)CO)C(=O)N[C@@H](CCC(N)=O)C(=O)N[C@@H](CCC(N)=O)C(=O)N[C@@H](CCC(N)=O)C(=O)N[C@@H](CCC(N)=O)C(=O)N[C@@H](CCC(N)=O)C(=O)N[C@@H](CCC(N)=O)C(=O)N[C@@H](CCC(N)=O)C(=O)N[C@@H](CCC(N)=O)C(C)=O. The third kappa shape index (κ3) is 52.3. The molecule has 0 radical (unpaired) electrons. The fraction of sp³-hybridized carbons (Fsp3) is 0.675. The van der Waals surface area contributed by atoms with Crippen LogP contribution in [0.3, 0.4) is 0 Å². The third-order valence-electron chi connectivity index (χ3n) is 21.1. The Labute approximate surface area is 795 Å². The van der Waals surface area contributed by atoms with Gasteiger partial charge in [-0.3, -0.25) is 116 Å². The fourth-order valence-corrected chi connectivity index (χ4v) is 13.5. The maximum Gasteiger partial charge on any atom is 0.370 e. The van der Waals surface area contributed by atoms with Gasteiger partial charge in [0.1, 0.15) is 66.6 Å². The Hall–Kier alpha value is -13.9. The van der Waals surface area contributed by atoms with Crippen molar-refractivity contribution in [3.63, 3.8) is 0 Å². The van der Waals surface area contributed by atoms with Crippen LogP contribution in [0, 0.1) is 5.41 Å². The van der Waals surface area contributed by atoms with E-state index >= 15 is 4.79 Å². The average molecular weight is 1970 g/mol. The van der Waals surface area contributed by atoms with Gasteiger partial charge in [-0.2, -0.15) is 0 Å². The third-order valence-corrected chi connectivity index (χ3v) is 21.1. The molecule has 22 amide bonds. The van der Waals surface area contributed by atoms with Crippen molar-refractivity contribution in [2.24, 2.45) is 57.3 Å². The second-order valence-electron chi connectivity index (χ2n) is 32.8. The first-order valence-corrected chi connectivity index (χ1v) is 45.2. The largest absolute Gasteiger partial charge is 0.478 e. The number of unbranched alkanes of at least 4 members (excludes halogenated alkanes) is 6. The number of Topliss-reactive ketones (excluding diaryl/α,β-unsaturated/α-hetero) is 1. The van der Waals surface area contributed by atoms with Crippen LogP contribution in [0.1, 0.15) is 227 Å². The van der Waals surface area contributed by atoms with Crippen molar-refractivity contribution in [2.75, 3.05) is 32.8 Å². The smallest absolute Gasteiger partial charge is 0.370 e. The first-order valence-electron chi connectivity index (χ1n) is 45.2. The minimum Gasteiger partial charge on any atom is -0.478 e. The van der Waals surface area contributed by atoms with Gasteiger partial charge in [-0.15, -0.1) is 0 Å². The van der Waals surface area contributed by atoms with Crippen molar-refractivity contribution in [3.8, 4) is 0 Å². The number of rotatable bonds is 75. The van der Waals surface area contributed by atoms with Crippen molar-refractivity contribution in [1.82, 2.24) is 79.8 Å². The molecule has 0 aromatic heterocycles. The van der Waals surface area contributed by atoms with Crippen LogP contribution < -0.4 is 137 Å². The molecule has 0 aromatic rings. The zero-order valence-corrected chi connectivity index (χ0v) is 78.0. The van der Waals surface area contributed by atoms with Gasteiger partial charge in [-0.1, -0.05) is 39.5 Å². The first kappa shape index (κ1) is 122. The standard InChI is InChI=1S/C83H140N26O29/c1-5-7-10-36-95-66(122)33-14-44(84)72(125)100-53(23-34-67(123)96-37-11-8-6-2)80(133)108-54(24-35-68(124)97-38-12-9-13-39-137-70(56(113)41-110)71-69(98-43(4)112)55(109-83(93)94)40-57(138-71)82(135)136)81(134)107-52(22-32-65(92)121)79(132)106-51(21-31-64(91)120)78(131)105-50(20-30-63(90)119)77(130)104-49(19-29-62(89)118)76(129)103-48(18-28-61(88)117)75(128)102-47(17-27-60(87)116)74(127)101-46(16-26-59(86)115)73(126)99-45(42(3)111)15-25-58(85)114/h40,44-56,69-71,110,113H,5-39,41,84H2,1-4H3,(H2,85,114)(H2,86,115)(H2,87,116)(H2,88,117)(H2,89,118)(H2,90,119)(H2,91,120)(H2,92,121)(H,95,122)(H,96,123)(H,97,124)(H,98,112)(H,99,126)(H,100,125)(H,101,127)(H,102,128)(H,103,129)(H,104,130)(H,105,131)(H,106,132)(H,107,134)(H,108,133)(H,135,136)(H4,93,94,109)/t44-,45-,46-,47-,48-,49-,50-,51-,52-,53-,54-,55-,56+,69+,70+,71+/m0/s1. The van der Waals surface area contributed by atoms with Crippen LogP contribution in [0.4, 0.5) is 0 Å². The van der Waals surface area contributed by atoms with Crippen LogP contribution in [0.25, 0.3) is 0 Å². The zero-order valence-electron chi connectivity index (χ0n) is 78.0. The molecule has 0 aliphatic carbocycles. The highest BCUT2D eigenvalue weighted by Gasteiger charge is 2.46. The Morgan fingerprint density at radius 3 is 0.884 bits per heavy atom. The molecule has 1 aliphatic heterocycles. The van der Waals surface area contributed by atoms with E-state index in [0.29, 0.717) is 19.4 Å². The lowest BCUT2D eigenvalue weighted by Crippen LogP contribution is -2.64. The number of guanidine groups is 1. The summed E-state index contributed by atoms with van der Waals surface area (Å²) in [5.41, 5.74) is 55.2.